The fourth-order valence-electron chi connectivity index (χ4n) is 3.01. The number of hydrogen-bond donors (Lipinski definition) is 1. The molecule has 1 aliphatic carbocycles. The van der Waals surface area contributed by atoms with Crippen LogP contribution in [0, 0.1) is 0 Å². The van der Waals surface area contributed by atoms with Crippen LogP contribution >= 0.6 is 0 Å². The first-order valence-corrected chi connectivity index (χ1v) is 6.76. The predicted molar refractivity (Wildman–Crippen MR) is 67.0 cm³/mol. The van der Waals surface area contributed by atoms with Crippen LogP contribution in [0.4, 0.5) is 0 Å². The maximum Gasteiger partial charge on any atom is 0.325 e. The number of carboxylic acids is 1. The number of hydrogen-bond acceptors (Lipinski definition) is 3. The van der Waals surface area contributed by atoms with Crippen molar-refractivity contribution in [2.24, 2.45) is 0 Å². The first-order valence-electron chi connectivity index (χ1n) is 6.76. The van der Waals surface area contributed by atoms with Gasteiger partial charge in [-0.2, -0.15) is 5.10 Å². The summed E-state index contributed by atoms with van der Waals surface area (Å²) in [5.74, 6) is -0.947. The van der Waals surface area contributed by atoms with Gasteiger partial charge in [-0.05, 0) is 32.1 Å². The van der Waals surface area contributed by atoms with E-state index in [0.717, 1.165) is 56.5 Å². The zero-order valence-corrected chi connectivity index (χ0v) is 10.8. The molecule has 0 aromatic carbocycles. The molecule has 0 atom stereocenters. The molecule has 2 aliphatic rings. The summed E-state index contributed by atoms with van der Waals surface area (Å²) in [6, 6.07) is 0. The maximum absolute atomic E-state index is 12.4. The van der Waals surface area contributed by atoms with Gasteiger partial charge >= 0.3 is 5.97 Å². The van der Waals surface area contributed by atoms with E-state index in [1.54, 1.807) is 0 Å². The van der Waals surface area contributed by atoms with Crippen molar-refractivity contribution in [2.45, 2.75) is 38.6 Å². The van der Waals surface area contributed by atoms with Gasteiger partial charge in [-0.3, -0.25) is 14.3 Å². The van der Waals surface area contributed by atoms with Crippen LogP contribution in [-0.2, 0) is 24.2 Å². The third kappa shape index (κ3) is 2.11. The molecule has 3 rings (SSSR count). The fraction of sp³-hybridized carbons (Fsp3) is 0.615. The van der Waals surface area contributed by atoms with Crippen LogP contribution in [0.1, 0.15) is 41.0 Å². The Labute approximate surface area is 111 Å². The van der Waals surface area contributed by atoms with Crippen LogP contribution in [0.15, 0.2) is 0 Å². The Morgan fingerprint density at radius 2 is 1.89 bits per heavy atom. The summed E-state index contributed by atoms with van der Waals surface area (Å²) in [5, 5.41) is 13.2. The summed E-state index contributed by atoms with van der Waals surface area (Å²) < 4.78 is 1.49. The number of carbonyl (C=O) groups is 2. The lowest BCUT2D eigenvalue weighted by Crippen LogP contribution is -2.29. The van der Waals surface area contributed by atoms with Crippen LogP contribution in [0.5, 0.6) is 0 Å². The van der Waals surface area contributed by atoms with E-state index in [9.17, 15) is 9.59 Å². The van der Waals surface area contributed by atoms with Crippen molar-refractivity contribution in [3.8, 4) is 0 Å². The molecule has 1 aliphatic heterocycles. The zero-order valence-electron chi connectivity index (χ0n) is 10.8. The van der Waals surface area contributed by atoms with Crippen LogP contribution in [-0.4, -0.2) is 44.8 Å². The van der Waals surface area contributed by atoms with Gasteiger partial charge in [0, 0.05) is 24.3 Å². The molecule has 1 N–H and O–H groups in total. The second kappa shape index (κ2) is 4.68. The van der Waals surface area contributed by atoms with Gasteiger partial charge in [0.25, 0.3) is 5.91 Å². The monoisotopic (exact) mass is 263 g/mol. The van der Waals surface area contributed by atoms with Gasteiger partial charge in [0.1, 0.15) is 6.54 Å². The Kier molecular flexibility index (Phi) is 3.00. The van der Waals surface area contributed by atoms with E-state index in [-0.39, 0.29) is 12.5 Å². The molecule has 102 valence electrons. The molecule has 1 amide bonds. The number of fused-ring (bicyclic) bond motifs is 1. The van der Waals surface area contributed by atoms with Crippen LogP contribution in [0.2, 0.25) is 0 Å². The topological polar surface area (TPSA) is 75.4 Å². The number of amides is 1. The van der Waals surface area contributed by atoms with Crippen molar-refractivity contribution < 1.29 is 14.7 Å². The highest BCUT2D eigenvalue weighted by atomic mass is 16.4. The summed E-state index contributed by atoms with van der Waals surface area (Å²) >= 11 is 0. The molecule has 0 spiro atoms. The summed E-state index contributed by atoms with van der Waals surface area (Å²) in [7, 11) is 0. The lowest BCUT2D eigenvalue weighted by atomic mass is 10.2. The molecule has 19 heavy (non-hydrogen) atoms. The van der Waals surface area contributed by atoms with Crippen molar-refractivity contribution in [2.75, 3.05) is 13.1 Å². The van der Waals surface area contributed by atoms with Crippen molar-refractivity contribution in [3.63, 3.8) is 0 Å². The van der Waals surface area contributed by atoms with Gasteiger partial charge in [0.2, 0.25) is 0 Å². The third-order valence-corrected chi connectivity index (χ3v) is 3.89. The molecule has 6 heteroatoms. The normalized spacial score (nSPS) is 17.8. The SMILES string of the molecule is O=C(O)Cn1nc(C(=O)N2CCCC2)c2c1CCC2. The highest BCUT2D eigenvalue weighted by molar-refractivity contribution is 5.94. The van der Waals surface area contributed by atoms with Crippen molar-refractivity contribution in [1.82, 2.24) is 14.7 Å². The van der Waals surface area contributed by atoms with Crippen LogP contribution in [0.25, 0.3) is 0 Å². The summed E-state index contributed by atoms with van der Waals surface area (Å²) in [6.45, 7) is 1.43. The highest BCUT2D eigenvalue weighted by Crippen LogP contribution is 2.27. The van der Waals surface area contributed by atoms with Crippen LogP contribution in [0.3, 0.4) is 0 Å². The highest BCUT2D eigenvalue weighted by Gasteiger charge is 2.30. The molecule has 1 saturated heterocycles. The standard InChI is InChI=1S/C13H17N3O3/c17-11(18)8-16-10-5-3-4-9(10)12(14-16)13(19)15-6-1-2-7-15/h1-8H2,(H,17,18). The number of aliphatic carboxylic acids is 1. The molecule has 0 radical (unpaired) electrons. The first-order chi connectivity index (χ1) is 9.16. The molecular weight excluding hydrogens is 246 g/mol. The summed E-state index contributed by atoms with van der Waals surface area (Å²) in [5.41, 5.74) is 2.39. The van der Waals surface area contributed by atoms with Crippen molar-refractivity contribution in [3.05, 3.63) is 17.0 Å². The Balaban J connectivity index is 1.93. The Morgan fingerprint density at radius 3 is 2.58 bits per heavy atom. The smallest absolute Gasteiger partial charge is 0.325 e. The molecular formula is C13H17N3O3. The minimum atomic E-state index is -0.919. The second-order valence-electron chi connectivity index (χ2n) is 5.18. The van der Waals surface area contributed by atoms with Gasteiger partial charge < -0.3 is 10.0 Å². The first kappa shape index (κ1) is 12.2. The van der Waals surface area contributed by atoms with Gasteiger partial charge in [-0.1, -0.05) is 0 Å². The fourth-order valence-corrected chi connectivity index (χ4v) is 3.01. The van der Waals surface area contributed by atoms with E-state index >= 15 is 0 Å². The molecule has 2 heterocycles. The summed E-state index contributed by atoms with van der Waals surface area (Å²) in [4.78, 5) is 25.1. The minimum Gasteiger partial charge on any atom is -0.480 e. The predicted octanol–water partition coefficient (Wildman–Crippen LogP) is 0.692. The van der Waals surface area contributed by atoms with Crippen molar-refractivity contribution >= 4 is 11.9 Å². The summed E-state index contributed by atoms with van der Waals surface area (Å²) in [6.07, 6.45) is 4.73. The third-order valence-electron chi connectivity index (χ3n) is 3.89. The van der Waals surface area contributed by atoms with E-state index in [4.69, 9.17) is 5.11 Å². The Hall–Kier alpha value is -1.85. The number of carbonyl (C=O) groups excluding carboxylic acids is 1. The lowest BCUT2D eigenvalue weighted by Gasteiger charge is -2.13. The lowest BCUT2D eigenvalue weighted by molar-refractivity contribution is -0.137. The van der Waals surface area contributed by atoms with Gasteiger partial charge in [0.05, 0.1) is 0 Å². The Morgan fingerprint density at radius 1 is 1.16 bits per heavy atom. The number of nitrogens with zero attached hydrogens (tertiary/aromatic N) is 3. The van der Waals surface area contributed by atoms with E-state index in [2.05, 4.69) is 5.10 Å². The van der Waals surface area contributed by atoms with Crippen molar-refractivity contribution in [1.29, 1.82) is 0 Å². The number of aromatic nitrogens is 2. The maximum atomic E-state index is 12.4. The Bertz CT molecular complexity index is 529. The van der Waals surface area contributed by atoms with Gasteiger partial charge in [0.15, 0.2) is 5.69 Å². The van der Waals surface area contributed by atoms with E-state index in [1.807, 2.05) is 4.90 Å². The number of likely N-dealkylation sites (tertiary alicyclic amines) is 1. The molecule has 0 unspecified atom stereocenters. The largest absolute Gasteiger partial charge is 0.480 e. The van der Waals surface area contributed by atoms with Crippen LogP contribution < -0.4 is 0 Å². The quantitative estimate of drug-likeness (QED) is 0.870. The van der Waals surface area contributed by atoms with E-state index < -0.39 is 5.97 Å². The van der Waals surface area contributed by atoms with E-state index in [0.29, 0.717) is 5.69 Å². The molecule has 0 saturated carbocycles. The number of rotatable bonds is 3. The average Bonchev–Trinajstić information content (AvgIpc) is 3.05. The molecule has 6 nitrogen and oxygen atoms in total. The second-order valence-corrected chi connectivity index (χ2v) is 5.18. The van der Waals surface area contributed by atoms with E-state index in [1.165, 1.54) is 4.68 Å². The van der Waals surface area contributed by atoms with Gasteiger partial charge in [-0.25, -0.2) is 0 Å². The molecule has 1 aromatic heterocycles. The molecule has 0 bridgehead atoms. The molecule has 1 aromatic rings. The minimum absolute atomic E-state index is 0.0280. The average molecular weight is 263 g/mol. The number of carboxylic acid groups (broad SMARTS) is 1. The molecule has 1 fully saturated rings. The van der Waals surface area contributed by atoms with Gasteiger partial charge in [-0.15, -0.1) is 0 Å². The zero-order chi connectivity index (χ0) is 13.4.